The molecule has 6 fully saturated rings. The standard InChI is InChI=1S/C20H38O3Si2.C12H22O/c1-24(2,11-9-15-5-7-17-19(13-15)21-17)23-25(3,4)12-10-16-6-8-18-20(14-16)22-18;1-12(2,3)7-6-9-4-5-10-11(8-9)13-10/h15-20H,5-14H2,1-4H3;9-11H,4-8H2,1-3H3. The van der Waals surface area contributed by atoms with E-state index in [0.29, 0.717) is 42.0 Å². The zero-order chi connectivity index (χ0) is 27.1. The molecule has 0 aromatic carbocycles. The Morgan fingerprint density at radius 3 is 1.26 bits per heavy atom. The fourth-order valence-corrected chi connectivity index (χ4v) is 16.8. The van der Waals surface area contributed by atoms with E-state index in [4.69, 9.17) is 18.3 Å². The molecule has 0 aromatic heterocycles. The van der Waals surface area contributed by atoms with Gasteiger partial charge in [0.1, 0.15) is 0 Å². The minimum Gasteiger partial charge on any atom is -0.455 e. The van der Waals surface area contributed by atoms with Gasteiger partial charge in [-0.05, 0) is 132 Å². The Labute approximate surface area is 236 Å². The molecule has 9 unspecified atom stereocenters. The van der Waals surface area contributed by atoms with Gasteiger partial charge in [0, 0.05) is 0 Å². The third-order valence-electron chi connectivity index (χ3n) is 10.5. The van der Waals surface area contributed by atoms with Gasteiger partial charge < -0.3 is 18.3 Å². The van der Waals surface area contributed by atoms with Crippen molar-refractivity contribution in [3.63, 3.8) is 0 Å². The van der Waals surface area contributed by atoms with Crippen molar-refractivity contribution in [2.24, 2.45) is 23.2 Å². The molecule has 0 bridgehead atoms. The Morgan fingerprint density at radius 1 is 0.553 bits per heavy atom. The highest BCUT2D eigenvalue weighted by molar-refractivity contribution is 6.84. The summed E-state index contributed by atoms with van der Waals surface area (Å²) in [6.07, 6.45) is 21.5. The van der Waals surface area contributed by atoms with E-state index in [1.165, 1.54) is 95.6 Å². The maximum Gasteiger partial charge on any atom is 0.173 e. The van der Waals surface area contributed by atoms with Gasteiger partial charge in [0.15, 0.2) is 16.6 Å². The second-order valence-electron chi connectivity index (χ2n) is 16.5. The highest BCUT2D eigenvalue weighted by atomic mass is 28.4. The molecule has 0 N–H and O–H groups in total. The van der Waals surface area contributed by atoms with Crippen molar-refractivity contribution in [3.8, 4) is 0 Å². The summed E-state index contributed by atoms with van der Waals surface area (Å²) in [7, 11) is -3.05. The lowest BCUT2D eigenvalue weighted by molar-refractivity contribution is 0.284. The van der Waals surface area contributed by atoms with Crippen LogP contribution in [0.1, 0.15) is 104 Å². The van der Waals surface area contributed by atoms with E-state index in [9.17, 15) is 0 Å². The van der Waals surface area contributed by atoms with E-state index in [2.05, 4.69) is 47.0 Å². The van der Waals surface area contributed by atoms with Gasteiger partial charge >= 0.3 is 0 Å². The fourth-order valence-electron chi connectivity index (χ4n) is 7.84. The van der Waals surface area contributed by atoms with Gasteiger partial charge in [-0.3, -0.25) is 0 Å². The molecular formula is C32H60O4Si2. The average Bonchev–Trinajstić information content (AvgIpc) is 3.71. The highest BCUT2D eigenvalue weighted by Gasteiger charge is 2.46. The van der Waals surface area contributed by atoms with Crippen LogP contribution in [0.15, 0.2) is 0 Å². The quantitative estimate of drug-likeness (QED) is 0.197. The predicted molar refractivity (Wildman–Crippen MR) is 162 cm³/mol. The molecule has 3 saturated carbocycles. The molecule has 0 spiro atoms. The number of ether oxygens (including phenoxy) is 3. The number of hydrogen-bond acceptors (Lipinski definition) is 4. The molecule has 220 valence electrons. The Bertz CT molecular complexity index is 738. The van der Waals surface area contributed by atoms with E-state index in [1.54, 1.807) is 0 Å². The molecule has 0 aromatic rings. The molecule has 3 aliphatic heterocycles. The van der Waals surface area contributed by atoms with Crippen molar-refractivity contribution in [1.29, 1.82) is 0 Å². The summed E-state index contributed by atoms with van der Waals surface area (Å²) in [5.41, 5.74) is 0.515. The first-order chi connectivity index (χ1) is 17.8. The van der Waals surface area contributed by atoms with Gasteiger partial charge in [-0.25, -0.2) is 0 Å². The minimum atomic E-state index is -1.53. The Morgan fingerprint density at radius 2 is 0.921 bits per heavy atom. The van der Waals surface area contributed by atoms with Crippen LogP contribution in [-0.4, -0.2) is 53.3 Å². The van der Waals surface area contributed by atoms with Crippen molar-refractivity contribution in [1.82, 2.24) is 0 Å². The van der Waals surface area contributed by atoms with E-state index in [1.807, 2.05) is 0 Å². The molecule has 9 atom stereocenters. The minimum absolute atomic E-state index is 0.515. The smallest absolute Gasteiger partial charge is 0.173 e. The molecule has 3 saturated heterocycles. The van der Waals surface area contributed by atoms with Crippen LogP contribution in [0.3, 0.4) is 0 Å². The molecule has 6 aliphatic rings. The number of fused-ring (bicyclic) bond motifs is 3. The normalized spacial score (nSPS) is 39.7. The van der Waals surface area contributed by atoms with Crippen molar-refractivity contribution in [3.05, 3.63) is 0 Å². The van der Waals surface area contributed by atoms with Crippen molar-refractivity contribution < 1.29 is 18.3 Å². The third kappa shape index (κ3) is 9.40. The van der Waals surface area contributed by atoms with Crippen LogP contribution in [-0.2, 0) is 18.3 Å². The summed E-state index contributed by atoms with van der Waals surface area (Å²) in [5, 5.41) is 0. The zero-order valence-corrected chi connectivity index (χ0v) is 27.9. The van der Waals surface area contributed by atoms with Crippen LogP contribution >= 0.6 is 0 Å². The van der Waals surface area contributed by atoms with E-state index in [0.717, 1.165) is 17.8 Å². The van der Waals surface area contributed by atoms with E-state index < -0.39 is 16.6 Å². The molecule has 6 rings (SSSR count). The van der Waals surface area contributed by atoms with Crippen molar-refractivity contribution in [2.75, 3.05) is 0 Å². The van der Waals surface area contributed by atoms with E-state index in [-0.39, 0.29) is 0 Å². The summed E-state index contributed by atoms with van der Waals surface area (Å²) < 4.78 is 23.8. The monoisotopic (exact) mass is 564 g/mol. The molecule has 3 aliphatic carbocycles. The Kier molecular flexibility index (Phi) is 9.30. The van der Waals surface area contributed by atoms with Crippen molar-refractivity contribution in [2.45, 2.75) is 179 Å². The van der Waals surface area contributed by atoms with Gasteiger partial charge in [0.05, 0.1) is 36.6 Å². The van der Waals surface area contributed by atoms with Crippen LogP contribution in [0.5, 0.6) is 0 Å². The number of hydrogen-bond donors (Lipinski definition) is 0. The van der Waals surface area contributed by atoms with Crippen LogP contribution in [0.2, 0.25) is 38.3 Å². The molecule has 6 heteroatoms. The van der Waals surface area contributed by atoms with Crippen LogP contribution in [0.25, 0.3) is 0 Å². The van der Waals surface area contributed by atoms with Gasteiger partial charge in [-0.2, -0.15) is 0 Å². The first-order valence-corrected chi connectivity index (χ1v) is 22.7. The number of rotatable bonds is 10. The Hall–Kier alpha value is 0.274. The summed E-state index contributed by atoms with van der Waals surface area (Å²) in [6.45, 7) is 16.9. The van der Waals surface area contributed by atoms with Crippen LogP contribution < -0.4 is 0 Å². The van der Waals surface area contributed by atoms with Gasteiger partial charge in [-0.15, -0.1) is 0 Å². The SMILES string of the molecule is CC(C)(C)CCC1CCC2OC2C1.C[Si](C)(CCC1CCC2OC2C1)O[Si](C)(C)CCC1CCC2OC2C1. The van der Waals surface area contributed by atoms with Crippen LogP contribution in [0.4, 0.5) is 0 Å². The Balaban J connectivity index is 0.000000190. The van der Waals surface area contributed by atoms with E-state index >= 15 is 0 Å². The summed E-state index contributed by atoms with van der Waals surface area (Å²) in [4.78, 5) is 0. The predicted octanol–water partition coefficient (Wildman–Crippen LogP) is 8.71. The highest BCUT2D eigenvalue weighted by Crippen LogP contribution is 2.44. The molecule has 4 nitrogen and oxygen atoms in total. The first kappa shape index (κ1) is 29.8. The first-order valence-electron chi connectivity index (χ1n) is 16.5. The fraction of sp³-hybridized carbons (Fsp3) is 1.00. The van der Waals surface area contributed by atoms with Gasteiger partial charge in [0.25, 0.3) is 0 Å². The molecular weight excluding hydrogens is 505 g/mol. The largest absolute Gasteiger partial charge is 0.455 e. The molecule has 0 radical (unpaired) electrons. The number of epoxide rings is 3. The topological polar surface area (TPSA) is 46.8 Å². The van der Waals surface area contributed by atoms with Crippen molar-refractivity contribution >= 4 is 16.6 Å². The lowest BCUT2D eigenvalue weighted by atomic mass is 9.81. The average molecular weight is 565 g/mol. The van der Waals surface area contributed by atoms with Gasteiger partial charge in [0.2, 0.25) is 0 Å². The maximum absolute atomic E-state index is 6.90. The summed E-state index contributed by atoms with van der Waals surface area (Å²) in [6, 6.07) is 2.68. The lowest BCUT2D eigenvalue weighted by Crippen LogP contribution is -2.44. The summed E-state index contributed by atoms with van der Waals surface area (Å²) >= 11 is 0. The second kappa shape index (κ2) is 11.9. The maximum atomic E-state index is 6.90. The van der Waals surface area contributed by atoms with Gasteiger partial charge in [-0.1, -0.05) is 33.6 Å². The second-order valence-corrected chi connectivity index (χ2v) is 25.3. The third-order valence-corrected chi connectivity index (χ3v) is 17.9. The van der Waals surface area contributed by atoms with Crippen LogP contribution in [0, 0.1) is 23.2 Å². The lowest BCUT2D eigenvalue weighted by Gasteiger charge is -2.36. The molecule has 38 heavy (non-hydrogen) atoms. The summed E-state index contributed by atoms with van der Waals surface area (Å²) in [5.74, 6) is 2.76. The molecule has 0 amide bonds. The molecule has 3 heterocycles. The zero-order valence-electron chi connectivity index (χ0n) is 25.9.